The Labute approximate surface area is 224 Å². The molecule has 0 fully saturated rings. The standard InChI is InChI=1S/C23H19Br2ClN2O6S/c1-3-33-20-9-4-15(12-21(20)32-2)23(29)28-27-13-14-10-18(24)22(19(25)11-14)34-35(30,31)17-7-5-16(26)6-8-17/h4-13H,3H2,1-2H3,(H,28,29)/b27-13+. The minimum absolute atomic E-state index is 0.0417. The second-order valence-corrected chi connectivity index (χ2v) is 10.5. The average Bonchev–Trinajstić information content (AvgIpc) is 2.82. The maximum absolute atomic E-state index is 12.6. The number of methoxy groups -OCH3 is 1. The molecule has 0 atom stereocenters. The molecule has 0 radical (unpaired) electrons. The highest BCUT2D eigenvalue weighted by Gasteiger charge is 2.20. The third-order valence-electron chi connectivity index (χ3n) is 4.42. The van der Waals surface area contributed by atoms with E-state index >= 15 is 0 Å². The van der Waals surface area contributed by atoms with Crippen molar-refractivity contribution in [2.75, 3.05) is 13.7 Å². The summed E-state index contributed by atoms with van der Waals surface area (Å²) >= 11 is 12.4. The number of benzene rings is 3. The van der Waals surface area contributed by atoms with Gasteiger partial charge in [-0.2, -0.15) is 13.5 Å². The number of hydrogen-bond donors (Lipinski definition) is 1. The number of halogens is 3. The van der Waals surface area contributed by atoms with Crippen molar-refractivity contribution in [3.63, 3.8) is 0 Å². The van der Waals surface area contributed by atoms with Gasteiger partial charge in [0.25, 0.3) is 5.91 Å². The summed E-state index contributed by atoms with van der Waals surface area (Å²) in [5, 5.41) is 4.37. The molecular weight excluding hydrogens is 628 g/mol. The first-order valence-electron chi connectivity index (χ1n) is 9.98. The lowest BCUT2D eigenvalue weighted by molar-refractivity contribution is 0.0954. The van der Waals surface area contributed by atoms with Crippen molar-refractivity contribution in [1.82, 2.24) is 5.43 Å². The van der Waals surface area contributed by atoms with Crippen LogP contribution < -0.4 is 19.1 Å². The minimum atomic E-state index is -4.09. The van der Waals surface area contributed by atoms with Crippen molar-refractivity contribution in [3.8, 4) is 17.2 Å². The van der Waals surface area contributed by atoms with E-state index in [9.17, 15) is 13.2 Å². The molecule has 0 aliphatic rings. The predicted octanol–water partition coefficient (Wildman–Crippen LogP) is 5.80. The topological polar surface area (TPSA) is 103 Å². The van der Waals surface area contributed by atoms with E-state index in [0.717, 1.165) is 0 Å². The number of ether oxygens (including phenoxy) is 2. The van der Waals surface area contributed by atoms with Gasteiger partial charge in [-0.15, -0.1) is 0 Å². The van der Waals surface area contributed by atoms with Gasteiger partial charge in [0.2, 0.25) is 0 Å². The minimum Gasteiger partial charge on any atom is -0.493 e. The van der Waals surface area contributed by atoms with Crippen LogP contribution in [0.4, 0.5) is 0 Å². The van der Waals surface area contributed by atoms with Gasteiger partial charge in [0.05, 0.1) is 28.9 Å². The van der Waals surface area contributed by atoms with Crippen molar-refractivity contribution >= 4 is 65.7 Å². The smallest absolute Gasteiger partial charge is 0.339 e. The van der Waals surface area contributed by atoms with Gasteiger partial charge in [-0.3, -0.25) is 4.79 Å². The molecule has 0 unspecified atom stereocenters. The lowest BCUT2D eigenvalue weighted by Crippen LogP contribution is -2.17. The zero-order valence-electron chi connectivity index (χ0n) is 18.4. The first-order valence-corrected chi connectivity index (χ1v) is 13.3. The molecule has 0 aliphatic heterocycles. The quantitative estimate of drug-likeness (QED) is 0.179. The van der Waals surface area contributed by atoms with Crippen molar-refractivity contribution in [3.05, 3.63) is 79.7 Å². The second-order valence-electron chi connectivity index (χ2n) is 6.80. The fourth-order valence-corrected chi connectivity index (χ4v) is 5.49. The Hall–Kier alpha value is -2.60. The Kier molecular flexibility index (Phi) is 9.17. The Morgan fingerprint density at radius 3 is 2.31 bits per heavy atom. The summed E-state index contributed by atoms with van der Waals surface area (Å²) in [6.45, 7) is 2.32. The summed E-state index contributed by atoms with van der Waals surface area (Å²) in [7, 11) is -2.60. The van der Waals surface area contributed by atoms with Gasteiger partial charge in [-0.25, -0.2) is 5.43 Å². The molecule has 0 heterocycles. The second kappa shape index (κ2) is 11.9. The van der Waals surface area contributed by atoms with E-state index in [1.165, 1.54) is 37.6 Å². The van der Waals surface area contributed by atoms with E-state index in [1.807, 2.05) is 6.92 Å². The van der Waals surface area contributed by atoms with Crippen LogP contribution in [0.2, 0.25) is 5.02 Å². The highest BCUT2D eigenvalue weighted by Crippen LogP contribution is 2.36. The van der Waals surface area contributed by atoms with Crippen LogP contribution in [-0.4, -0.2) is 34.3 Å². The summed E-state index contributed by atoms with van der Waals surface area (Å²) in [6.07, 6.45) is 1.40. The van der Waals surface area contributed by atoms with E-state index in [0.29, 0.717) is 43.2 Å². The van der Waals surface area contributed by atoms with Crippen LogP contribution in [0.25, 0.3) is 0 Å². The number of rotatable bonds is 9. The third-order valence-corrected chi connectivity index (χ3v) is 7.09. The van der Waals surface area contributed by atoms with Gasteiger partial charge in [0, 0.05) is 10.6 Å². The van der Waals surface area contributed by atoms with Crippen molar-refractivity contribution in [1.29, 1.82) is 0 Å². The highest BCUT2D eigenvalue weighted by atomic mass is 79.9. The number of carbonyl (C=O) groups is 1. The number of carbonyl (C=O) groups excluding carboxylic acids is 1. The Bertz CT molecular complexity index is 1340. The molecule has 3 aromatic rings. The summed E-state index contributed by atoms with van der Waals surface area (Å²) in [4.78, 5) is 12.4. The molecule has 0 bridgehead atoms. The number of amides is 1. The summed E-state index contributed by atoms with van der Waals surface area (Å²) in [6, 6.07) is 13.6. The lowest BCUT2D eigenvalue weighted by Gasteiger charge is -2.11. The van der Waals surface area contributed by atoms with Crippen molar-refractivity contribution < 1.29 is 26.9 Å². The molecule has 184 valence electrons. The molecule has 0 spiro atoms. The molecule has 3 rings (SSSR count). The first-order chi connectivity index (χ1) is 16.6. The number of nitrogens with zero attached hydrogens (tertiary/aromatic N) is 1. The largest absolute Gasteiger partial charge is 0.493 e. The maximum atomic E-state index is 12.6. The third kappa shape index (κ3) is 6.97. The summed E-state index contributed by atoms with van der Waals surface area (Å²) in [5.41, 5.74) is 3.33. The fraction of sp³-hybridized carbons (Fsp3) is 0.130. The fourth-order valence-electron chi connectivity index (χ4n) is 2.81. The molecule has 0 aromatic heterocycles. The molecule has 35 heavy (non-hydrogen) atoms. The molecule has 8 nitrogen and oxygen atoms in total. The van der Waals surface area contributed by atoms with Crippen LogP contribution in [0.1, 0.15) is 22.8 Å². The molecule has 0 aliphatic carbocycles. The molecular formula is C23H19Br2ClN2O6S. The van der Waals surface area contributed by atoms with Crippen LogP contribution in [-0.2, 0) is 10.1 Å². The number of hydrazone groups is 1. The number of hydrogen-bond acceptors (Lipinski definition) is 7. The van der Waals surface area contributed by atoms with E-state index in [2.05, 4.69) is 42.4 Å². The summed E-state index contributed by atoms with van der Waals surface area (Å²) < 4.78 is 41.9. The zero-order valence-corrected chi connectivity index (χ0v) is 23.2. The maximum Gasteiger partial charge on any atom is 0.339 e. The van der Waals surface area contributed by atoms with Crippen LogP contribution >= 0.6 is 43.5 Å². The predicted molar refractivity (Wildman–Crippen MR) is 140 cm³/mol. The van der Waals surface area contributed by atoms with Gasteiger partial charge >= 0.3 is 10.1 Å². The van der Waals surface area contributed by atoms with E-state index in [-0.39, 0.29) is 10.6 Å². The zero-order chi connectivity index (χ0) is 25.6. The monoisotopic (exact) mass is 644 g/mol. The van der Waals surface area contributed by atoms with E-state index in [4.69, 9.17) is 25.3 Å². The lowest BCUT2D eigenvalue weighted by atomic mass is 10.2. The van der Waals surface area contributed by atoms with Gasteiger partial charge < -0.3 is 13.7 Å². The van der Waals surface area contributed by atoms with Gasteiger partial charge in [0.15, 0.2) is 17.2 Å². The van der Waals surface area contributed by atoms with Crippen molar-refractivity contribution in [2.24, 2.45) is 5.10 Å². The van der Waals surface area contributed by atoms with Crippen LogP contribution in [0, 0.1) is 0 Å². The van der Waals surface area contributed by atoms with E-state index < -0.39 is 16.0 Å². The molecule has 0 saturated heterocycles. The SMILES string of the molecule is CCOc1ccc(C(=O)N/N=C/c2cc(Br)c(OS(=O)(=O)c3ccc(Cl)cc3)c(Br)c2)cc1OC. The van der Waals surface area contributed by atoms with Crippen LogP contribution in [0.5, 0.6) is 17.2 Å². The Morgan fingerprint density at radius 2 is 1.71 bits per heavy atom. The Balaban J connectivity index is 1.72. The Morgan fingerprint density at radius 1 is 1.06 bits per heavy atom. The number of nitrogens with one attached hydrogen (secondary N) is 1. The van der Waals surface area contributed by atoms with Crippen LogP contribution in [0.3, 0.4) is 0 Å². The van der Waals surface area contributed by atoms with Crippen molar-refractivity contribution in [2.45, 2.75) is 11.8 Å². The van der Waals surface area contributed by atoms with Crippen LogP contribution in [0.15, 0.2) is 73.5 Å². The van der Waals surface area contributed by atoms with Gasteiger partial charge in [-0.05, 0) is 98.9 Å². The van der Waals surface area contributed by atoms with E-state index in [1.54, 1.807) is 30.3 Å². The first kappa shape index (κ1) is 27.0. The molecule has 1 N–H and O–H groups in total. The summed E-state index contributed by atoms with van der Waals surface area (Å²) in [5.74, 6) is 0.572. The molecule has 1 amide bonds. The normalized spacial score (nSPS) is 11.3. The molecule has 12 heteroatoms. The van der Waals surface area contributed by atoms with Gasteiger partial charge in [0.1, 0.15) is 4.90 Å². The van der Waals surface area contributed by atoms with Gasteiger partial charge in [-0.1, -0.05) is 11.6 Å². The highest BCUT2D eigenvalue weighted by molar-refractivity contribution is 9.11. The molecule has 0 saturated carbocycles. The molecule has 3 aromatic carbocycles. The average molecular weight is 647 g/mol.